The van der Waals surface area contributed by atoms with Crippen LogP contribution < -0.4 is 11.1 Å². The summed E-state index contributed by atoms with van der Waals surface area (Å²) in [5.74, 6) is 2.24. The van der Waals surface area contributed by atoms with Crippen molar-refractivity contribution < 1.29 is 0 Å². The lowest BCUT2D eigenvalue weighted by Crippen LogP contribution is -2.07. The highest BCUT2D eigenvalue weighted by atomic mass is 35.5. The standard InChI is InChI=1S/C20H19ClN8S/c1-2-12-5-3-4-6-15(12)23-19-25-16(24-18(22)27-19)11-30-20-26-17(28-29-20)13-7-9-14(21)10-8-13/h3-10H,2,11H2,1H3,(H,26,28,29)(H3,22,23,24,25,27). The Balaban J connectivity index is 1.46. The van der Waals surface area contributed by atoms with Crippen LogP contribution >= 0.6 is 23.4 Å². The van der Waals surface area contributed by atoms with Crippen LogP contribution in [0.2, 0.25) is 5.02 Å². The van der Waals surface area contributed by atoms with E-state index in [4.69, 9.17) is 17.3 Å². The minimum atomic E-state index is 0.161. The van der Waals surface area contributed by atoms with E-state index < -0.39 is 0 Å². The number of halogens is 1. The van der Waals surface area contributed by atoms with Crippen molar-refractivity contribution in [3.63, 3.8) is 0 Å². The predicted octanol–water partition coefficient (Wildman–Crippen LogP) is 4.49. The fourth-order valence-corrected chi connectivity index (χ4v) is 3.59. The number of nitrogens with one attached hydrogen (secondary N) is 2. The molecule has 4 N–H and O–H groups in total. The van der Waals surface area contributed by atoms with E-state index in [9.17, 15) is 0 Å². The number of benzene rings is 2. The number of aromatic amines is 1. The number of thioether (sulfide) groups is 1. The summed E-state index contributed by atoms with van der Waals surface area (Å²) in [6.45, 7) is 2.10. The van der Waals surface area contributed by atoms with Gasteiger partial charge in [-0.2, -0.15) is 15.0 Å². The predicted molar refractivity (Wildman–Crippen MR) is 120 cm³/mol. The van der Waals surface area contributed by atoms with Crippen molar-refractivity contribution >= 4 is 40.9 Å². The fourth-order valence-electron chi connectivity index (χ4n) is 2.81. The van der Waals surface area contributed by atoms with E-state index >= 15 is 0 Å². The molecule has 0 saturated carbocycles. The van der Waals surface area contributed by atoms with Crippen LogP contribution in [-0.4, -0.2) is 30.1 Å². The summed E-state index contributed by atoms with van der Waals surface area (Å²) in [5.41, 5.74) is 8.91. The topological polar surface area (TPSA) is 118 Å². The second-order valence-electron chi connectivity index (χ2n) is 6.33. The maximum absolute atomic E-state index is 5.93. The molecule has 30 heavy (non-hydrogen) atoms. The average molecular weight is 439 g/mol. The lowest BCUT2D eigenvalue weighted by atomic mass is 10.1. The normalized spacial score (nSPS) is 10.9. The SMILES string of the molecule is CCc1ccccc1Nc1nc(N)nc(CSc2n[nH]c(-c3ccc(Cl)cc3)n2)n1. The van der Waals surface area contributed by atoms with Crippen LogP contribution in [0.4, 0.5) is 17.6 Å². The Bertz CT molecular complexity index is 1150. The number of nitrogens with zero attached hydrogens (tertiary/aromatic N) is 5. The third-order valence-corrected chi connectivity index (χ3v) is 5.35. The van der Waals surface area contributed by atoms with Crippen LogP contribution in [0.1, 0.15) is 18.3 Å². The molecular formula is C20H19ClN8S. The van der Waals surface area contributed by atoms with Gasteiger partial charge in [-0.05, 0) is 42.3 Å². The third-order valence-electron chi connectivity index (χ3n) is 4.26. The summed E-state index contributed by atoms with van der Waals surface area (Å²) >= 11 is 7.34. The van der Waals surface area contributed by atoms with Crippen LogP contribution in [0.25, 0.3) is 11.4 Å². The van der Waals surface area contributed by atoms with Gasteiger partial charge in [-0.15, -0.1) is 5.10 Å². The highest BCUT2D eigenvalue weighted by molar-refractivity contribution is 7.98. The van der Waals surface area contributed by atoms with Crippen molar-refractivity contribution in [2.24, 2.45) is 0 Å². The zero-order valence-corrected chi connectivity index (χ0v) is 17.7. The van der Waals surface area contributed by atoms with Crippen LogP contribution in [0, 0.1) is 0 Å². The Kier molecular flexibility index (Phi) is 6.10. The molecule has 8 nitrogen and oxygen atoms in total. The number of anilines is 3. The summed E-state index contributed by atoms with van der Waals surface area (Å²) in [6, 6.07) is 15.4. The van der Waals surface area contributed by atoms with E-state index in [-0.39, 0.29) is 5.95 Å². The van der Waals surface area contributed by atoms with E-state index in [1.165, 1.54) is 17.3 Å². The zero-order valence-electron chi connectivity index (χ0n) is 16.1. The molecule has 2 heterocycles. The average Bonchev–Trinajstić information content (AvgIpc) is 3.22. The molecule has 0 unspecified atom stereocenters. The van der Waals surface area contributed by atoms with Crippen molar-refractivity contribution in [1.29, 1.82) is 0 Å². The Morgan fingerprint density at radius 3 is 2.63 bits per heavy atom. The van der Waals surface area contributed by atoms with E-state index in [0.29, 0.717) is 33.5 Å². The van der Waals surface area contributed by atoms with Crippen molar-refractivity contribution in [3.05, 3.63) is 64.9 Å². The first-order chi connectivity index (χ1) is 14.6. The van der Waals surface area contributed by atoms with E-state index in [0.717, 1.165) is 17.7 Å². The highest BCUT2D eigenvalue weighted by Crippen LogP contribution is 2.24. The van der Waals surface area contributed by atoms with Gasteiger partial charge in [0.05, 0.1) is 5.75 Å². The van der Waals surface area contributed by atoms with Gasteiger partial charge in [0, 0.05) is 16.3 Å². The van der Waals surface area contributed by atoms with Crippen molar-refractivity contribution in [2.75, 3.05) is 11.1 Å². The van der Waals surface area contributed by atoms with Crippen molar-refractivity contribution in [3.8, 4) is 11.4 Å². The second kappa shape index (κ2) is 9.10. The third kappa shape index (κ3) is 4.87. The van der Waals surface area contributed by atoms with Gasteiger partial charge in [-0.1, -0.05) is 48.5 Å². The first-order valence-corrected chi connectivity index (χ1v) is 10.6. The molecule has 152 valence electrons. The van der Waals surface area contributed by atoms with Crippen molar-refractivity contribution in [2.45, 2.75) is 24.3 Å². The summed E-state index contributed by atoms with van der Waals surface area (Å²) < 4.78 is 0. The summed E-state index contributed by atoms with van der Waals surface area (Å²) in [4.78, 5) is 17.4. The largest absolute Gasteiger partial charge is 0.368 e. The number of hydrogen-bond donors (Lipinski definition) is 3. The van der Waals surface area contributed by atoms with E-state index in [2.05, 4.69) is 48.4 Å². The van der Waals surface area contributed by atoms with E-state index in [1.807, 2.05) is 42.5 Å². The van der Waals surface area contributed by atoms with Gasteiger partial charge >= 0.3 is 0 Å². The number of nitrogens with two attached hydrogens (primary N) is 1. The first-order valence-electron chi connectivity index (χ1n) is 9.27. The smallest absolute Gasteiger partial charge is 0.232 e. The van der Waals surface area contributed by atoms with Crippen LogP contribution in [0.3, 0.4) is 0 Å². The Hall–Kier alpha value is -3.17. The van der Waals surface area contributed by atoms with Gasteiger partial charge < -0.3 is 11.1 Å². The molecule has 0 aliphatic carbocycles. The number of nitrogen functional groups attached to an aromatic ring is 1. The fraction of sp³-hybridized carbons (Fsp3) is 0.150. The minimum absolute atomic E-state index is 0.161. The molecule has 2 aromatic heterocycles. The highest BCUT2D eigenvalue weighted by Gasteiger charge is 2.10. The lowest BCUT2D eigenvalue weighted by Gasteiger charge is -2.10. The van der Waals surface area contributed by atoms with Crippen LogP contribution in [-0.2, 0) is 12.2 Å². The Labute approximate surface area is 182 Å². The molecule has 0 radical (unpaired) electrons. The van der Waals surface area contributed by atoms with Crippen molar-refractivity contribution in [1.82, 2.24) is 30.1 Å². The van der Waals surface area contributed by atoms with Crippen LogP contribution in [0.5, 0.6) is 0 Å². The number of rotatable bonds is 7. The molecule has 0 fully saturated rings. The van der Waals surface area contributed by atoms with Gasteiger partial charge in [0.1, 0.15) is 5.82 Å². The summed E-state index contributed by atoms with van der Waals surface area (Å²) in [5, 5.41) is 11.7. The van der Waals surface area contributed by atoms with Gasteiger partial charge in [-0.3, -0.25) is 5.10 Å². The molecule has 4 aromatic rings. The Morgan fingerprint density at radius 1 is 1.03 bits per heavy atom. The minimum Gasteiger partial charge on any atom is -0.368 e. The molecule has 0 saturated heterocycles. The summed E-state index contributed by atoms with van der Waals surface area (Å²) in [7, 11) is 0. The Morgan fingerprint density at radius 2 is 1.83 bits per heavy atom. The quantitative estimate of drug-likeness (QED) is 0.361. The first kappa shape index (κ1) is 20.1. The summed E-state index contributed by atoms with van der Waals surface area (Å²) in [6.07, 6.45) is 0.896. The maximum Gasteiger partial charge on any atom is 0.232 e. The molecule has 0 amide bonds. The molecule has 0 atom stereocenters. The molecule has 2 aromatic carbocycles. The number of aryl methyl sites for hydroxylation is 1. The number of H-pyrrole nitrogens is 1. The van der Waals surface area contributed by atoms with E-state index in [1.54, 1.807) is 0 Å². The molecule has 0 bridgehead atoms. The molecular weight excluding hydrogens is 420 g/mol. The lowest BCUT2D eigenvalue weighted by molar-refractivity contribution is 0.955. The zero-order chi connectivity index (χ0) is 20.9. The number of hydrogen-bond acceptors (Lipinski definition) is 8. The van der Waals surface area contributed by atoms with Gasteiger partial charge in [0.2, 0.25) is 17.1 Å². The number of para-hydroxylation sites is 1. The maximum atomic E-state index is 5.93. The molecule has 0 spiro atoms. The van der Waals surface area contributed by atoms with Gasteiger partial charge in [0.15, 0.2) is 5.82 Å². The second-order valence-corrected chi connectivity index (χ2v) is 7.71. The number of aromatic nitrogens is 6. The molecule has 0 aliphatic rings. The molecule has 10 heteroatoms. The molecule has 0 aliphatic heterocycles. The van der Waals surface area contributed by atoms with Gasteiger partial charge in [0.25, 0.3) is 0 Å². The monoisotopic (exact) mass is 438 g/mol. The van der Waals surface area contributed by atoms with Crippen LogP contribution in [0.15, 0.2) is 53.7 Å². The molecule has 4 rings (SSSR count). The van der Waals surface area contributed by atoms with Gasteiger partial charge in [-0.25, -0.2) is 4.98 Å².